The molecule has 2 nitrogen and oxygen atoms in total. The van der Waals surface area contributed by atoms with E-state index in [4.69, 9.17) is 11.5 Å². The van der Waals surface area contributed by atoms with Gasteiger partial charge in [0, 0.05) is 6.42 Å². The predicted molar refractivity (Wildman–Crippen MR) is 51.2 cm³/mol. The van der Waals surface area contributed by atoms with Gasteiger partial charge < -0.3 is 5.11 Å². The molecule has 2 atom stereocenters. The highest BCUT2D eigenvalue weighted by Crippen LogP contribution is 2.30. The molecule has 0 radical (unpaired) electrons. The van der Waals surface area contributed by atoms with Crippen molar-refractivity contribution in [2.24, 2.45) is 11.8 Å². The minimum Gasteiger partial charge on any atom is -0.481 e. The molecule has 2 unspecified atom stereocenters. The fourth-order valence-electron chi connectivity index (χ4n) is 2.11. The molecule has 1 aliphatic carbocycles. The monoisotopic (exact) mass is 180 g/mol. The Labute approximate surface area is 79.3 Å². The fraction of sp³-hybridized carbons (Fsp3) is 0.727. The zero-order valence-corrected chi connectivity index (χ0v) is 7.83. The molecule has 1 aliphatic rings. The number of carboxylic acids is 1. The molecule has 0 amide bonds. The number of hydrogen-bond acceptors (Lipinski definition) is 1. The number of carbonyl (C=O) groups is 1. The summed E-state index contributed by atoms with van der Waals surface area (Å²) in [6.07, 6.45) is 11.0. The number of rotatable bonds is 2. The van der Waals surface area contributed by atoms with Gasteiger partial charge in [0.1, 0.15) is 0 Å². The maximum Gasteiger partial charge on any atom is 0.306 e. The zero-order valence-electron chi connectivity index (χ0n) is 7.83. The third-order valence-corrected chi connectivity index (χ3v) is 2.86. The van der Waals surface area contributed by atoms with Gasteiger partial charge in [-0.1, -0.05) is 19.3 Å². The standard InChI is InChI=1S/C11H16O2/c1-2-6-9-7-4-3-5-8-10(9)11(12)13/h1,9-10H,3-8H2,(H,12,13). The first-order valence-electron chi connectivity index (χ1n) is 4.92. The Hall–Kier alpha value is -0.970. The second kappa shape index (κ2) is 4.91. The minimum atomic E-state index is -0.665. The van der Waals surface area contributed by atoms with Crippen LogP contribution in [0.4, 0.5) is 0 Å². The van der Waals surface area contributed by atoms with Crippen LogP contribution in [0.25, 0.3) is 0 Å². The van der Waals surface area contributed by atoms with E-state index in [1.54, 1.807) is 0 Å². The van der Waals surface area contributed by atoms with Crippen molar-refractivity contribution in [3.8, 4) is 12.3 Å². The van der Waals surface area contributed by atoms with Crippen molar-refractivity contribution in [2.45, 2.75) is 38.5 Å². The highest BCUT2D eigenvalue weighted by molar-refractivity contribution is 5.70. The largest absolute Gasteiger partial charge is 0.481 e. The van der Waals surface area contributed by atoms with E-state index in [9.17, 15) is 4.79 Å². The molecule has 2 heteroatoms. The van der Waals surface area contributed by atoms with Crippen molar-refractivity contribution in [1.82, 2.24) is 0 Å². The summed E-state index contributed by atoms with van der Waals surface area (Å²) in [7, 11) is 0. The molecule has 0 aromatic carbocycles. The third-order valence-electron chi connectivity index (χ3n) is 2.86. The molecule has 0 bridgehead atoms. The summed E-state index contributed by atoms with van der Waals surface area (Å²) in [6, 6.07) is 0. The number of hydrogen-bond donors (Lipinski definition) is 1. The van der Waals surface area contributed by atoms with Crippen LogP contribution in [0.3, 0.4) is 0 Å². The van der Waals surface area contributed by atoms with Gasteiger partial charge in [-0.05, 0) is 18.8 Å². The minimum absolute atomic E-state index is 0.196. The molecule has 0 aliphatic heterocycles. The molecule has 0 aromatic heterocycles. The average molecular weight is 180 g/mol. The molecule has 1 fully saturated rings. The van der Waals surface area contributed by atoms with Crippen molar-refractivity contribution >= 4 is 5.97 Å². The lowest BCUT2D eigenvalue weighted by Crippen LogP contribution is -2.22. The van der Waals surface area contributed by atoms with Crippen LogP contribution < -0.4 is 0 Å². The van der Waals surface area contributed by atoms with E-state index in [1.165, 1.54) is 0 Å². The van der Waals surface area contributed by atoms with E-state index in [-0.39, 0.29) is 11.8 Å². The van der Waals surface area contributed by atoms with Crippen LogP contribution in [0, 0.1) is 24.2 Å². The fourth-order valence-corrected chi connectivity index (χ4v) is 2.11. The predicted octanol–water partition coefficient (Wildman–Crippen LogP) is 2.29. The number of carboxylic acid groups (broad SMARTS) is 1. The van der Waals surface area contributed by atoms with Crippen molar-refractivity contribution < 1.29 is 9.90 Å². The average Bonchev–Trinajstić information content (AvgIpc) is 2.30. The Balaban J connectivity index is 2.62. The van der Waals surface area contributed by atoms with E-state index >= 15 is 0 Å². The van der Waals surface area contributed by atoms with Crippen LogP contribution in [0.15, 0.2) is 0 Å². The smallest absolute Gasteiger partial charge is 0.306 e. The lowest BCUT2D eigenvalue weighted by atomic mass is 9.86. The summed E-state index contributed by atoms with van der Waals surface area (Å²) in [5, 5.41) is 8.99. The van der Waals surface area contributed by atoms with E-state index in [0.717, 1.165) is 32.1 Å². The van der Waals surface area contributed by atoms with E-state index < -0.39 is 5.97 Å². The summed E-state index contributed by atoms with van der Waals surface area (Å²) < 4.78 is 0. The Morgan fingerprint density at radius 3 is 2.69 bits per heavy atom. The Morgan fingerprint density at radius 2 is 2.08 bits per heavy atom. The molecule has 13 heavy (non-hydrogen) atoms. The van der Waals surface area contributed by atoms with Gasteiger partial charge >= 0.3 is 5.97 Å². The topological polar surface area (TPSA) is 37.3 Å². The highest BCUT2D eigenvalue weighted by Gasteiger charge is 2.28. The molecule has 0 saturated heterocycles. The molecule has 1 saturated carbocycles. The van der Waals surface area contributed by atoms with Crippen molar-refractivity contribution in [1.29, 1.82) is 0 Å². The van der Waals surface area contributed by atoms with Crippen LogP contribution in [0.1, 0.15) is 38.5 Å². The summed E-state index contributed by atoms with van der Waals surface area (Å²) in [4.78, 5) is 10.9. The Bertz CT molecular complexity index is 215. The first kappa shape index (κ1) is 10.1. The van der Waals surface area contributed by atoms with Gasteiger partial charge in [0.2, 0.25) is 0 Å². The summed E-state index contributed by atoms with van der Waals surface area (Å²) >= 11 is 0. The van der Waals surface area contributed by atoms with E-state index in [1.807, 2.05) is 0 Å². The number of terminal acetylenes is 1. The van der Waals surface area contributed by atoms with Crippen LogP contribution in [-0.2, 0) is 4.79 Å². The third kappa shape index (κ3) is 2.77. The van der Waals surface area contributed by atoms with E-state index in [2.05, 4.69) is 5.92 Å². The number of aliphatic carboxylic acids is 1. The molecule has 1 rings (SSSR count). The molecule has 0 heterocycles. The van der Waals surface area contributed by atoms with Crippen LogP contribution in [-0.4, -0.2) is 11.1 Å². The van der Waals surface area contributed by atoms with Crippen LogP contribution in [0.5, 0.6) is 0 Å². The molecule has 72 valence electrons. The van der Waals surface area contributed by atoms with Gasteiger partial charge in [0.15, 0.2) is 0 Å². The Morgan fingerprint density at radius 1 is 1.38 bits per heavy atom. The molecular formula is C11H16O2. The normalized spacial score (nSPS) is 28.8. The van der Waals surface area contributed by atoms with Gasteiger partial charge in [0.05, 0.1) is 5.92 Å². The summed E-state index contributed by atoms with van der Waals surface area (Å²) in [6.45, 7) is 0. The van der Waals surface area contributed by atoms with Gasteiger partial charge in [-0.2, -0.15) is 0 Å². The van der Waals surface area contributed by atoms with Crippen molar-refractivity contribution in [3.63, 3.8) is 0 Å². The molecular weight excluding hydrogens is 164 g/mol. The first-order chi connectivity index (χ1) is 6.25. The van der Waals surface area contributed by atoms with Crippen LogP contribution >= 0.6 is 0 Å². The summed E-state index contributed by atoms with van der Waals surface area (Å²) in [5.74, 6) is 1.94. The van der Waals surface area contributed by atoms with Crippen molar-refractivity contribution in [2.75, 3.05) is 0 Å². The summed E-state index contributed by atoms with van der Waals surface area (Å²) in [5.41, 5.74) is 0. The van der Waals surface area contributed by atoms with Crippen LogP contribution in [0.2, 0.25) is 0 Å². The van der Waals surface area contributed by atoms with Gasteiger partial charge in [-0.25, -0.2) is 0 Å². The van der Waals surface area contributed by atoms with Gasteiger partial charge in [-0.3, -0.25) is 4.79 Å². The van der Waals surface area contributed by atoms with E-state index in [0.29, 0.717) is 6.42 Å². The van der Waals surface area contributed by atoms with Crippen molar-refractivity contribution in [3.05, 3.63) is 0 Å². The van der Waals surface area contributed by atoms with Gasteiger partial charge in [0.25, 0.3) is 0 Å². The molecule has 1 N–H and O–H groups in total. The second-order valence-corrected chi connectivity index (χ2v) is 3.75. The second-order valence-electron chi connectivity index (χ2n) is 3.75. The molecule has 0 spiro atoms. The first-order valence-corrected chi connectivity index (χ1v) is 4.92. The lowest BCUT2D eigenvalue weighted by Gasteiger charge is -2.18. The quantitative estimate of drug-likeness (QED) is 0.523. The lowest BCUT2D eigenvalue weighted by molar-refractivity contribution is -0.143. The highest BCUT2D eigenvalue weighted by atomic mass is 16.4. The molecule has 0 aromatic rings. The SMILES string of the molecule is C#CCC1CCCCCC1C(=O)O. The maximum atomic E-state index is 10.9. The van der Waals surface area contributed by atoms with Gasteiger partial charge in [-0.15, -0.1) is 12.3 Å². The Kier molecular flexibility index (Phi) is 3.82. The zero-order chi connectivity index (χ0) is 9.68. The maximum absolute atomic E-state index is 10.9.